The van der Waals surface area contributed by atoms with E-state index in [0.29, 0.717) is 17.3 Å². The third-order valence-corrected chi connectivity index (χ3v) is 7.56. The smallest absolute Gasteiger partial charge is 0.254 e. The van der Waals surface area contributed by atoms with Gasteiger partial charge in [-0.05, 0) is 59.6 Å². The van der Waals surface area contributed by atoms with E-state index < -0.39 is 0 Å². The van der Waals surface area contributed by atoms with Crippen LogP contribution in [0, 0.1) is 5.92 Å². The summed E-state index contributed by atoms with van der Waals surface area (Å²) in [5, 5.41) is 4.00. The summed E-state index contributed by atoms with van der Waals surface area (Å²) in [6.45, 7) is 5.36. The van der Waals surface area contributed by atoms with Crippen molar-refractivity contribution < 1.29 is 9.32 Å². The molecule has 0 spiro atoms. The predicted molar refractivity (Wildman–Crippen MR) is 115 cm³/mol. The molecular formula is C24H23N5O2. The monoisotopic (exact) mass is 413 g/mol. The fourth-order valence-corrected chi connectivity index (χ4v) is 5.54. The number of fused-ring (bicyclic) bond motifs is 5. The van der Waals surface area contributed by atoms with Gasteiger partial charge in [0, 0.05) is 23.7 Å². The summed E-state index contributed by atoms with van der Waals surface area (Å²) < 4.78 is 4.93. The molecule has 2 aliphatic rings. The Morgan fingerprint density at radius 3 is 2.97 bits per heavy atom. The Kier molecular flexibility index (Phi) is 3.84. The van der Waals surface area contributed by atoms with Crippen molar-refractivity contribution >= 4 is 16.9 Å². The minimum atomic E-state index is 0.000917. The summed E-state index contributed by atoms with van der Waals surface area (Å²) in [4.78, 5) is 27.2. The highest BCUT2D eigenvalue weighted by Gasteiger charge is 2.49. The van der Waals surface area contributed by atoms with Crippen LogP contribution in [0.15, 0.2) is 53.6 Å². The van der Waals surface area contributed by atoms with E-state index in [9.17, 15) is 4.79 Å². The van der Waals surface area contributed by atoms with E-state index in [1.54, 1.807) is 6.33 Å². The van der Waals surface area contributed by atoms with Crippen LogP contribution in [0.2, 0.25) is 0 Å². The molecule has 2 aromatic carbocycles. The molecule has 1 fully saturated rings. The van der Waals surface area contributed by atoms with Crippen LogP contribution in [-0.2, 0) is 11.8 Å². The molecule has 156 valence electrons. The van der Waals surface area contributed by atoms with E-state index >= 15 is 0 Å². The molecule has 0 radical (unpaired) electrons. The Morgan fingerprint density at radius 2 is 2.13 bits per heavy atom. The highest BCUT2D eigenvalue weighted by Crippen LogP contribution is 2.49. The standard InChI is InChI=1S/C24H23N5O2/c1-14-21-11-15-3-4-16(22-27-13-31-28-22)9-18(15)24(14,2)7-8-29(21)23(30)17-5-6-19-20(10-17)26-12-25-19/h3-6,9-10,12-14,21H,7-8,11H2,1-2H3,(H,25,26)/t14-,21-,24-/m1/s1. The maximum atomic E-state index is 13.5. The topological polar surface area (TPSA) is 87.9 Å². The van der Waals surface area contributed by atoms with E-state index in [1.165, 1.54) is 17.5 Å². The van der Waals surface area contributed by atoms with Crippen LogP contribution in [0.25, 0.3) is 22.4 Å². The molecule has 4 aromatic rings. The Bertz CT molecular complexity index is 1290. The summed E-state index contributed by atoms with van der Waals surface area (Å²) in [5.41, 5.74) is 6.10. The Hall–Kier alpha value is -3.48. The lowest BCUT2D eigenvalue weighted by Crippen LogP contribution is -2.59. The number of piperidine rings is 1. The van der Waals surface area contributed by atoms with Crippen molar-refractivity contribution in [1.29, 1.82) is 0 Å². The molecular weight excluding hydrogens is 390 g/mol. The lowest BCUT2D eigenvalue weighted by atomic mass is 9.58. The number of imidazole rings is 1. The average molecular weight is 413 g/mol. The molecule has 2 aromatic heterocycles. The normalized spacial score (nSPS) is 24.9. The SMILES string of the molecule is C[C@@H]1[C@H]2Cc3ccc(-c4ncon4)cc3[C@]1(C)CCN2C(=O)c1ccc2[nH]cnc2c1. The molecule has 1 N–H and O–H groups in total. The number of amides is 1. The largest absolute Gasteiger partial charge is 0.345 e. The van der Waals surface area contributed by atoms with Gasteiger partial charge in [-0.1, -0.05) is 31.1 Å². The summed E-state index contributed by atoms with van der Waals surface area (Å²) >= 11 is 0. The molecule has 31 heavy (non-hydrogen) atoms. The summed E-state index contributed by atoms with van der Waals surface area (Å²) in [7, 11) is 0. The number of nitrogens with zero attached hydrogens (tertiary/aromatic N) is 4. The zero-order valence-corrected chi connectivity index (χ0v) is 17.5. The van der Waals surface area contributed by atoms with Crippen molar-refractivity contribution in [2.45, 2.75) is 38.1 Å². The van der Waals surface area contributed by atoms with Gasteiger partial charge < -0.3 is 14.4 Å². The fraction of sp³-hybridized carbons (Fsp3) is 0.333. The van der Waals surface area contributed by atoms with E-state index in [1.807, 2.05) is 18.2 Å². The van der Waals surface area contributed by atoms with Crippen molar-refractivity contribution in [2.75, 3.05) is 6.54 Å². The molecule has 3 atom stereocenters. The summed E-state index contributed by atoms with van der Waals surface area (Å²) in [5.74, 6) is 1.05. The van der Waals surface area contributed by atoms with Crippen LogP contribution in [-0.4, -0.2) is 43.5 Å². The highest BCUT2D eigenvalue weighted by molar-refractivity contribution is 5.97. The first-order valence-corrected chi connectivity index (χ1v) is 10.7. The molecule has 1 aliphatic carbocycles. The van der Waals surface area contributed by atoms with Gasteiger partial charge in [0.15, 0.2) is 0 Å². The zero-order valence-electron chi connectivity index (χ0n) is 17.5. The molecule has 0 unspecified atom stereocenters. The molecule has 7 nitrogen and oxygen atoms in total. The molecule has 1 aliphatic heterocycles. The van der Waals surface area contributed by atoms with Crippen molar-refractivity contribution in [3.63, 3.8) is 0 Å². The van der Waals surface area contributed by atoms with Crippen molar-refractivity contribution in [3.8, 4) is 11.4 Å². The van der Waals surface area contributed by atoms with Crippen LogP contribution in [0.5, 0.6) is 0 Å². The van der Waals surface area contributed by atoms with Gasteiger partial charge in [-0.3, -0.25) is 4.79 Å². The van der Waals surface area contributed by atoms with Crippen LogP contribution in [0.1, 0.15) is 41.8 Å². The molecule has 6 rings (SSSR count). The van der Waals surface area contributed by atoms with Gasteiger partial charge >= 0.3 is 0 Å². The maximum Gasteiger partial charge on any atom is 0.254 e. The van der Waals surface area contributed by atoms with Gasteiger partial charge in [-0.25, -0.2) is 4.98 Å². The first-order valence-electron chi connectivity index (χ1n) is 10.7. The number of carbonyl (C=O) groups is 1. The molecule has 0 saturated carbocycles. The van der Waals surface area contributed by atoms with E-state index in [4.69, 9.17) is 4.52 Å². The maximum absolute atomic E-state index is 13.5. The van der Waals surface area contributed by atoms with Gasteiger partial charge in [-0.2, -0.15) is 4.98 Å². The minimum absolute atomic E-state index is 0.000917. The van der Waals surface area contributed by atoms with Crippen molar-refractivity contribution in [1.82, 2.24) is 25.0 Å². The number of nitrogens with one attached hydrogen (secondary N) is 1. The number of benzene rings is 2. The molecule has 2 bridgehead atoms. The number of hydrogen-bond acceptors (Lipinski definition) is 5. The van der Waals surface area contributed by atoms with Gasteiger partial charge in [0.2, 0.25) is 12.2 Å². The second-order valence-electron chi connectivity index (χ2n) is 8.99. The lowest BCUT2D eigenvalue weighted by Gasteiger charge is -2.54. The minimum Gasteiger partial charge on any atom is -0.345 e. The van der Waals surface area contributed by atoms with Gasteiger partial charge in [0.05, 0.1) is 17.4 Å². The number of likely N-dealkylation sites (tertiary alicyclic amines) is 1. The Balaban J connectivity index is 1.36. The molecule has 3 heterocycles. The van der Waals surface area contributed by atoms with Crippen molar-refractivity contribution in [2.24, 2.45) is 5.92 Å². The first kappa shape index (κ1) is 18.3. The van der Waals surface area contributed by atoms with Crippen molar-refractivity contribution in [3.05, 3.63) is 65.8 Å². The van der Waals surface area contributed by atoms with Gasteiger partial charge in [0.1, 0.15) is 0 Å². The molecule has 7 heteroatoms. The van der Waals surface area contributed by atoms with Gasteiger partial charge in [0.25, 0.3) is 5.91 Å². The number of hydrogen-bond donors (Lipinski definition) is 1. The first-order chi connectivity index (χ1) is 15.0. The Labute approximate surface area is 179 Å². The quantitative estimate of drug-likeness (QED) is 0.537. The average Bonchev–Trinajstić information content (AvgIpc) is 3.47. The number of H-pyrrole nitrogens is 1. The summed E-state index contributed by atoms with van der Waals surface area (Å²) in [6.07, 6.45) is 4.80. The molecule has 1 saturated heterocycles. The number of rotatable bonds is 2. The second-order valence-corrected chi connectivity index (χ2v) is 8.99. The third kappa shape index (κ3) is 2.65. The lowest BCUT2D eigenvalue weighted by molar-refractivity contribution is 0.0251. The van der Waals surface area contributed by atoms with E-state index in [2.05, 4.69) is 57.1 Å². The van der Waals surface area contributed by atoms with E-state index in [0.717, 1.165) is 36.0 Å². The zero-order chi connectivity index (χ0) is 21.2. The number of aromatic amines is 1. The van der Waals surface area contributed by atoms with Crippen LogP contribution >= 0.6 is 0 Å². The van der Waals surface area contributed by atoms with E-state index in [-0.39, 0.29) is 17.4 Å². The van der Waals surface area contributed by atoms with Crippen LogP contribution in [0.4, 0.5) is 0 Å². The van der Waals surface area contributed by atoms with Crippen LogP contribution in [0.3, 0.4) is 0 Å². The Morgan fingerprint density at radius 1 is 1.23 bits per heavy atom. The number of carbonyl (C=O) groups excluding carboxylic acids is 1. The second kappa shape index (κ2) is 6.51. The molecule has 1 amide bonds. The number of aromatic nitrogens is 4. The third-order valence-electron chi connectivity index (χ3n) is 7.56. The fourth-order valence-electron chi connectivity index (χ4n) is 5.54. The summed E-state index contributed by atoms with van der Waals surface area (Å²) in [6, 6.07) is 12.3. The van der Waals surface area contributed by atoms with Gasteiger partial charge in [-0.15, -0.1) is 0 Å². The predicted octanol–water partition coefficient (Wildman–Crippen LogP) is 3.98. The van der Waals surface area contributed by atoms with Crippen LogP contribution < -0.4 is 0 Å². The highest BCUT2D eigenvalue weighted by atomic mass is 16.5.